The van der Waals surface area contributed by atoms with E-state index in [2.05, 4.69) is 14.8 Å². The number of nitrogens with one attached hydrogen (secondary N) is 2. The Bertz CT molecular complexity index is 723. The summed E-state index contributed by atoms with van der Waals surface area (Å²) in [6.45, 7) is 3.74. The van der Waals surface area contributed by atoms with Crippen LogP contribution in [0, 0.1) is 0 Å². The van der Waals surface area contributed by atoms with E-state index >= 15 is 0 Å². The molecule has 26 heavy (non-hydrogen) atoms. The van der Waals surface area contributed by atoms with Crippen LogP contribution in [0.5, 0.6) is 5.75 Å². The van der Waals surface area contributed by atoms with Gasteiger partial charge in [-0.15, -0.1) is 13.2 Å². The van der Waals surface area contributed by atoms with Gasteiger partial charge in [0.05, 0.1) is 4.90 Å². The van der Waals surface area contributed by atoms with E-state index in [1.165, 1.54) is 0 Å². The van der Waals surface area contributed by atoms with Gasteiger partial charge in [-0.3, -0.25) is 4.79 Å². The van der Waals surface area contributed by atoms with Gasteiger partial charge in [0.15, 0.2) is 0 Å². The van der Waals surface area contributed by atoms with E-state index in [0.717, 1.165) is 24.3 Å². The number of halogens is 3. The highest BCUT2D eigenvalue weighted by Gasteiger charge is 2.31. The summed E-state index contributed by atoms with van der Waals surface area (Å²) in [5, 5.41) is 3.15. The maximum atomic E-state index is 12.1. The topological polar surface area (TPSA) is 87.7 Å². The summed E-state index contributed by atoms with van der Waals surface area (Å²) < 4.78 is 66.6. The lowest BCUT2D eigenvalue weighted by Crippen LogP contribution is -2.52. The number of ether oxygens (including phenoxy) is 1. The van der Waals surface area contributed by atoms with E-state index in [9.17, 15) is 26.4 Å². The molecule has 0 bridgehead atoms. The summed E-state index contributed by atoms with van der Waals surface area (Å²) in [7, 11) is -3.93. The van der Waals surface area contributed by atoms with Crippen LogP contribution in [0.2, 0.25) is 0 Å². The number of piperazine rings is 1. The van der Waals surface area contributed by atoms with E-state index in [4.69, 9.17) is 0 Å². The van der Waals surface area contributed by atoms with Gasteiger partial charge >= 0.3 is 6.36 Å². The summed E-state index contributed by atoms with van der Waals surface area (Å²) in [5.74, 6) is -0.671. The fraction of sp³-hybridized carbons (Fsp3) is 0.533. The van der Waals surface area contributed by atoms with Crippen molar-refractivity contribution in [1.82, 2.24) is 14.9 Å². The maximum absolute atomic E-state index is 12.1. The highest BCUT2D eigenvalue weighted by molar-refractivity contribution is 7.89. The lowest BCUT2D eigenvalue weighted by molar-refractivity contribution is -0.274. The largest absolute Gasteiger partial charge is 0.573 e. The first kappa shape index (κ1) is 20.5. The van der Waals surface area contributed by atoms with Gasteiger partial charge in [-0.1, -0.05) is 0 Å². The number of amides is 1. The van der Waals surface area contributed by atoms with Crippen molar-refractivity contribution in [2.24, 2.45) is 0 Å². The third kappa shape index (κ3) is 5.85. The zero-order chi connectivity index (χ0) is 19.4. The van der Waals surface area contributed by atoms with Gasteiger partial charge in [0, 0.05) is 38.6 Å². The minimum Gasteiger partial charge on any atom is -0.406 e. The van der Waals surface area contributed by atoms with Crippen molar-refractivity contribution < 1.29 is 31.1 Å². The number of rotatable bonds is 6. The van der Waals surface area contributed by atoms with Crippen molar-refractivity contribution in [3.05, 3.63) is 24.3 Å². The first-order chi connectivity index (χ1) is 12.1. The van der Waals surface area contributed by atoms with Gasteiger partial charge in [-0.05, 0) is 31.2 Å². The minimum absolute atomic E-state index is 0.00115. The summed E-state index contributed by atoms with van der Waals surface area (Å²) in [4.78, 5) is 13.6. The number of carbonyl (C=O) groups excluding carboxylic acids is 1. The maximum Gasteiger partial charge on any atom is 0.573 e. The van der Waals surface area contributed by atoms with E-state index in [-0.39, 0.29) is 29.8 Å². The monoisotopic (exact) mass is 395 g/mol. The Morgan fingerprint density at radius 2 is 2.00 bits per heavy atom. The molecule has 0 saturated carbocycles. The Morgan fingerprint density at radius 3 is 2.58 bits per heavy atom. The Kier molecular flexibility index (Phi) is 6.48. The van der Waals surface area contributed by atoms with E-state index in [1.54, 1.807) is 4.90 Å². The zero-order valence-corrected chi connectivity index (χ0v) is 14.9. The SMILES string of the molecule is C[C@@H]1CNCCN1C(=O)CCNS(=O)(=O)c1ccc(OC(F)(F)F)cc1. The number of benzene rings is 1. The van der Waals surface area contributed by atoms with Gasteiger partial charge in [0.25, 0.3) is 0 Å². The molecule has 1 aromatic carbocycles. The van der Waals surface area contributed by atoms with Gasteiger partial charge in [0.1, 0.15) is 5.75 Å². The number of nitrogens with zero attached hydrogens (tertiary/aromatic N) is 1. The van der Waals surface area contributed by atoms with Gasteiger partial charge in [0.2, 0.25) is 15.9 Å². The molecule has 1 heterocycles. The van der Waals surface area contributed by atoms with Crippen molar-refractivity contribution in [2.45, 2.75) is 30.6 Å². The quantitative estimate of drug-likeness (QED) is 0.753. The number of hydrogen-bond acceptors (Lipinski definition) is 5. The van der Waals surface area contributed by atoms with Crippen LogP contribution in [0.15, 0.2) is 29.2 Å². The molecule has 2 rings (SSSR count). The van der Waals surface area contributed by atoms with Gasteiger partial charge in [-0.25, -0.2) is 13.1 Å². The highest BCUT2D eigenvalue weighted by Crippen LogP contribution is 2.23. The molecule has 1 fully saturated rings. The lowest BCUT2D eigenvalue weighted by Gasteiger charge is -2.34. The second-order valence-electron chi connectivity index (χ2n) is 5.81. The van der Waals surface area contributed by atoms with Crippen LogP contribution in [-0.4, -0.2) is 57.8 Å². The molecule has 0 aromatic heterocycles. The van der Waals surface area contributed by atoms with E-state index in [1.807, 2.05) is 6.92 Å². The molecular formula is C15H20F3N3O4S. The number of alkyl halides is 3. The smallest absolute Gasteiger partial charge is 0.406 e. The molecular weight excluding hydrogens is 375 g/mol. The number of sulfonamides is 1. The molecule has 0 radical (unpaired) electrons. The van der Waals surface area contributed by atoms with Crippen LogP contribution < -0.4 is 14.8 Å². The lowest BCUT2D eigenvalue weighted by atomic mass is 10.2. The fourth-order valence-electron chi connectivity index (χ4n) is 2.55. The molecule has 1 aliphatic rings. The molecule has 2 N–H and O–H groups in total. The predicted molar refractivity (Wildman–Crippen MR) is 87.0 cm³/mol. The molecule has 0 aliphatic carbocycles. The summed E-state index contributed by atoms with van der Waals surface area (Å²) >= 11 is 0. The van der Waals surface area contributed by atoms with Crippen molar-refractivity contribution in [3.63, 3.8) is 0 Å². The van der Waals surface area contributed by atoms with Crippen LogP contribution in [0.3, 0.4) is 0 Å². The molecule has 1 aliphatic heterocycles. The molecule has 146 valence electrons. The van der Waals surface area contributed by atoms with Gasteiger partial charge < -0.3 is 15.0 Å². The second kappa shape index (κ2) is 8.23. The van der Waals surface area contributed by atoms with Crippen molar-refractivity contribution in [2.75, 3.05) is 26.2 Å². The number of carbonyl (C=O) groups is 1. The van der Waals surface area contributed by atoms with Crippen LogP contribution in [0.4, 0.5) is 13.2 Å². The third-order valence-electron chi connectivity index (χ3n) is 3.82. The summed E-state index contributed by atoms with van der Waals surface area (Å²) in [6, 6.07) is 3.87. The molecule has 0 unspecified atom stereocenters. The minimum atomic E-state index is -4.85. The first-order valence-electron chi connectivity index (χ1n) is 7.94. The summed E-state index contributed by atoms with van der Waals surface area (Å²) in [6.07, 6.45) is -4.85. The van der Waals surface area contributed by atoms with Crippen LogP contribution in [-0.2, 0) is 14.8 Å². The molecule has 1 aromatic rings. The number of hydrogen-bond donors (Lipinski definition) is 2. The summed E-state index contributed by atoms with van der Waals surface area (Å²) in [5.41, 5.74) is 0. The second-order valence-corrected chi connectivity index (χ2v) is 7.57. The fourth-order valence-corrected chi connectivity index (χ4v) is 3.58. The van der Waals surface area contributed by atoms with Crippen molar-refractivity contribution >= 4 is 15.9 Å². The molecule has 1 amide bonds. The Hall–Kier alpha value is -1.85. The van der Waals surface area contributed by atoms with E-state index in [0.29, 0.717) is 19.6 Å². The van der Waals surface area contributed by atoms with Crippen LogP contribution >= 0.6 is 0 Å². The first-order valence-corrected chi connectivity index (χ1v) is 9.42. The Labute approximate surface area is 149 Å². The normalized spacial score (nSPS) is 18.6. The third-order valence-corrected chi connectivity index (χ3v) is 5.30. The molecule has 1 saturated heterocycles. The van der Waals surface area contributed by atoms with Crippen molar-refractivity contribution in [1.29, 1.82) is 0 Å². The highest BCUT2D eigenvalue weighted by atomic mass is 32.2. The Morgan fingerprint density at radius 1 is 1.35 bits per heavy atom. The molecule has 11 heteroatoms. The average Bonchev–Trinajstić information content (AvgIpc) is 2.54. The van der Waals surface area contributed by atoms with Crippen LogP contribution in [0.1, 0.15) is 13.3 Å². The predicted octanol–water partition coefficient (Wildman–Crippen LogP) is 1.07. The zero-order valence-electron chi connectivity index (χ0n) is 14.0. The molecule has 7 nitrogen and oxygen atoms in total. The van der Waals surface area contributed by atoms with Crippen molar-refractivity contribution in [3.8, 4) is 5.75 Å². The Balaban J connectivity index is 1.89. The average molecular weight is 395 g/mol. The van der Waals surface area contributed by atoms with Gasteiger partial charge in [-0.2, -0.15) is 0 Å². The van der Waals surface area contributed by atoms with E-state index < -0.39 is 22.1 Å². The van der Waals surface area contributed by atoms with Crippen LogP contribution in [0.25, 0.3) is 0 Å². The standard InChI is InChI=1S/C15H20F3N3O4S/c1-11-10-19-8-9-21(11)14(22)6-7-20-26(23,24)13-4-2-12(3-5-13)25-15(16,17)18/h2-5,11,19-20H,6-10H2,1H3/t11-/m1/s1. The molecule has 0 spiro atoms. The molecule has 1 atom stereocenters.